The lowest BCUT2D eigenvalue weighted by Crippen LogP contribution is -2.58. The number of carbonyl (C=O) groups is 2. The highest BCUT2D eigenvalue weighted by Crippen LogP contribution is 2.32. The average Bonchev–Trinajstić information content (AvgIpc) is 3.18. The highest BCUT2D eigenvalue weighted by atomic mass is 16.2. The molecule has 6 heteroatoms. The molecular formula is C29H38N4O2. The summed E-state index contributed by atoms with van der Waals surface area (Å²) in [6, 6.07) is 19.9. The second kappa shape index (κ2) is 10.4. The van der Waals surface area contributed by atoms with E-state index >= 15 is 0 Å². The quantitative estimate of drug-likeness (QED) is 0.728. The minimum atomic E-state index is -0.0947. The molecule has 0 aromatic heterocycles. The number of amides is 2. The lowest BCUT2D eigenvalue weighted by atomic mass is 9.95. The molecule has 2 aromatic rings. The highest BCUT2D eigenvalue weighted by molar-refractivity contribution is 5.85. The highest BCUT2D eigenvalue weighted by Gasteiger charge is 2.41. The number of carbonyl (C=O) groups excluding carboxylic acids is 2. The van der Waals surface area contributed by atoms with E-state index < -0.39 is 0 Å². The van der Waals surface area contributed by atoms with Crippen LogP contribution in [0.1, 0.15) is 44.2 Å². The number of hydrogen-bond acceptors (Lipinski definition) is 4. The lowest BCUT2D eigenvalue weighted by molar-refractivity contribution is -0.151. The minimum absolute atomic E-state index is 0.0244. The fourth-order valence-electron chi connectivity index (χ4n) is 5.91. The van der Waals surface area contributed by atoms with Gasteiger partial charge in [0.2, 0.25) is 11.8 Å². The molecule has 3 aliphatic heterocycles. The normalized spacial score (nSPS) is 23.3. The SMILES string of the molecule is CC(C)C(=O)N1CC(C(=O)N2Cc3ccccc3NCC[C@@H]3CC[C@H](C2)N3Cc2ccccc2)C1. The van der Waals surface area contributed by atoms with E-state index in [1.165, 1.54) is 17.5 Å². The standard InChI is InChI=1S/C29H38N4O2/c1-21(2)28(34)31-18-24(19-31)29(35)32-17-23-10-6-7-11-27(23)30-15-14-25-12-13-26(20-32)33(25)16-22-8-4-3-5-9-22/h3-11,21,24-26,30H,12-20H2,1-2H3/t25-,26+/m0/s1. The van der Waals surface area contributed by atoms with Crippen molar-refractivity contribution in [2.75, 3.05) is 31.5 Å². The largest absolute Gasteiger partial charge is 0.385 e. The molecule has 2 saturated heterocycles. The van der Waals surface area contributed by atoms with Gasteiger partial charge >= 0.3 is 0 Å². The molecule has 2 amide bonds. The summed E-state index contributed by atoms with van der Waals surface area (Å²) in [5.41, 5.74) is 3.63. The number of para-hydroxylation sites is 1. The summed E-state index contributed by atoms with van der Waals surface area (Å²) in [7, 11) is 0. The van der Waals surface area contributed by atoms with Crippen LogP contribution in [-0.4, -0.2) is 64.8 Å². The zero-order valence-electron chi connectivity index (χ0n) is 21.0. The predicted molar refractivity (Wildman–Crippen MR) is 139 cm³/mol. The van der Waals surface area contributed by atoms with Gasteiger partial charge in [-0.2, -0.15) is 0 Å². The number of rotatable bonds is 4. The van der Waals surface area contributed by atoms with Crippen LogP contribution >= 0.6 is 0 Å². The molecular weight excluding hydrogens is 436 g/mol. The van der Waals surface area contributed by atoms with Crippen LogP contribution in [0, 0.1) is 11.8 Å². The molecule has 3 heterocycles. The molecule has 2 atom stereocenters. The average molecular weight is 475 g/mol. The van der Waals surface area contributed by atoms with Crippen LogP contribution in [-0.2, 0) is 22.7 Å². The summed E-state index contributed by atoms with van der Waals surface area (Å²) in [5, 5.41) is 3.66. The van der Waals surface area contributed by atoms with E-state index in [1.54, 1.807) is 0 Å². The monoisotopic (exact) mass is 474 g/mol. The molecule has 35 heavy (non-hydrogen) atoms. The Bertz CT molecular complexity index is 1030. The van der Waals surface area contributed by atoms with Crippen molar-refractivity contribution in [3.05, 3.63) is 65.7 Å². The number of nitrogens with one attached hydrogen (secondary N) is 1. The Morgan fingerprint density at radius 2 is 1.60 bits per heavy atom. The zero-order valence-corrected chi connectivity index (χ0v) is 21.0. The van der Waals surface area contributed by atoms with Gasteiger partial charge in [0.15, 0.2) is 0 Å². The van der Waals surface area contributed by atoms with Gasteiger partial charge in [-0.25, -0.2) is 0 Å². The fraction of sp³-hybridized carbons (Fsp3) is 0.517. The lowest BCUT2D eigenvalue weighted by Gasteiger charge is -2.42. The smallest absolute Gasteiger partial charge is 0.229 e. The van der Waals surface area contributed by atoms with Gasteiger partial charge in [-0.1, -0.05) is 62.4 Å². The van der Waals surface area contributed by atoms with Gasteiger partial charge in [-0.3, -0.25) is 14.5 Å². The second-order valence-corrected chi connectivity index (χ2v) is 10.7. The van der Waals surface area contributed by atoms with E-state index in [0.29, 0.717) is 31.7 Å². The van der Waals surface area contributed by atoms with Crippen LogP contribution in [0.15, 0.2) is 54.6 Å². The molecule has 1 N–H and O–H groups in total. The summed E-state index contributed by atoms with van der Waals surface area (Å²) in [6.07, 6.45) is 3.38. The van der Waals surface area contributed by atoms with Crippen molar-refractivity contribution < 1.29 is 9.59 Å². The number of nitrogens with zero attached hydrogens (tertiary/aromatic N) is 3. The van der Waals surface area contributed by atoms with Crippen LogP contribution < -0.4 is 5.32 Å². The summed E-state index contributed by atoms with van der Waals surface area (Å²) in [5.74, 6) is 0.218. The molecule has 2 aromatic carbocycles. The summed E-state index contributed by atoms with van der Waals surface area (Å²) >= 11 is 0. The van der Waals surface area contributed by atoms with E-state index in [9.17, 15) is 9.59 Å². The van der Waals surface area contributed by atoms with Gasteiger partial charge < -0.3 is 15.1 Å². The van der Waals surface area contributed by atoms with Crippen molar-refractivity contribution >= 4 is 17.5 Å². The van der Waals surface area contributed by atoms with Crippen molar-refractivity contribution in [1.82, 2.24) is 14.7 Å². The van der Waals surface area contributed by atoms with Crippen molar-refractivity contribution in [3.8, 4) is 0 Å². The first-order chi connectivity index (χ1) is 17.0. The maximum Gasteiger partial charge on any atom is 0.229 e. The van der Waals surface area contributed by atoms with Crippen LogP contribution in [0.4, 0.5) is 5.69 Å². The summed E-state index contributed by atoms with van der Waals surface area (Å²) < 4.78 is 0. The number of anilines is 1. The molecule has 2 bridgehead atoms. The Hall–Kier alpha value is -2.86. The molecule has 3 aliphatic rings. The van der Waals surface area contributed by atoms with Crippen molar-refractivity contribution in [2.24, 2.45) is 11.8 Å². The third-order valence-corrected chi connectivity index (χ3v) is 7.93. The molecule has 0 saturated carbocycles. The van der Waals surface area contributed by atoms with Crippen LogP contribution in [0.5, 0.6) is 0 Å². The van der Waals surface area contributed by atoms with Gasteiger partial charge in [0.25, 0.3) is 0 Å². The van der Waals surface area contributed by atoms with Gasteiger partial charge in [0, 0.05) is 63.0 Å². The fourth-order valence-corrected chi connectivity index (χ4v) is 5.91. The topological polar surface area (TPSA) is 55.9 Å². The van der Waals surface area contributed by atoms with Gasteiger partial charge in [-0.05, 0) is 36.5 Å². The van der Waals surface area contributed by atoms with E-state index in [1.807, 2.05) is 18.7 Å². The van der Waals surface area contributed by atoms with Crippen LogP contribution in [0.2, 0.25) is 0 Å². The molecule has 6 nitrogen and oxygen atoms in total. The Labute approximate surface area is 209 Å². The number of fused-ring (bicyclic) bond motifs is 3. The Morgan fingerprint density at radius 1 is 0.886 bits per heavy atom. The number of likely N-dealkylation sites (tertiary alicyclic amines) is 1. The predicted octanol–water partition coefficient (Wildman–Crippen LogP) is 3.98. The molecule has 0 radical (unpaired) electrons. The van der Waals surface area contributed by atoms with Crippen LogP contribution in [0.3, 0.4) is 0 Å². The first-order valence-electron chi connectivity index (χ1n) is 13.2. The Morgan fingerprint density at radius 3 is 2.37 bits per heavy atom. The van der Waals surface area contributed by atoms with Crippen molar-refractivity contribution in [1.29, 1.82) is 0 Å². The van der Waals surface area contributed by atoms with E-state index in [0.717, 1.165) is 38.2 Å². The molecule has 2 fully saturated rings. The summed E-state index contributed by atoms with van der Waals surface area (Å²) in [6.45, 7) is 8.15. The second-order valence-electron chi connectivity index (χ2n) is 10.7. The van der Waals surface area contributed by atoms with Crippen molar-refractivity contribution in [3.63, 3.8) is 0 Å². The molecule has 5 rings (SSSR count). The third-order valence-electron chi connectivity index (χ3n) is 7.93. The maximum absolute atomic E-state index is 13.8. The van der Waals surface area contributed by atoms with E-state index in [-0.39, 0.29) is 23.7 Å². The number of benzene rings is 2. The van der Waals surface area contributed by atoms with Crippen molar-refractivity contribution in [2.45, 2.75) is 58.3 Å². The molecule has 186 valence electrons. The maximum atomic E-state index is 13.8. The first-order valence-corrected chi connectivity index (χ1v) is 13.2. The number of hydrogen-bond donors (Lipinski definition) is 1. The van der Waals surface area contributed by atoms with Gasteiger partial charge in [0.05, 0.1) is 5.92 Å². The Kier molecular flexibility index (Phi) is 7.09. The van der Waals surface area contributed by atoms with Gasteiger partial charge in [-0.15, -0.1) is 0 Å². The minimum Gasteiger partial charge on any atom is -0.385 e. The van der Waals surface area contributed by atoms with E-state index in [2.05, 4.69) is 69.7 Å². The molecule has 0 unspecified atom stereocenters. The molecule has 0 aliphatic carbocycles. The first kappa shape index (κ1) is 23.9. The van der Waals surface area contributed by atoms with Gasteiger partial charge in [0.1, 0.15) is 0 Å². The zero-order chi connectivity index (χ0) is 24.4. The Balaban J connectivity index is 1.38. The summed E-state index contributed by atoms with van der Waals surface area (Å²) in [4.78, 5) is 32.7. The van der Waals surface area contributed by atoms with Crippen LogP contribution in [0.25, 0.3) is 0 Å². The third kappa shape index (κ3) is 5.22. The van der Waals surface area contributed by atoms with E-state index in [4.69, 9.17) is 0 Å². The molecule has 0 spiro atoms.